The van der Waals surface area contributed by atoms with Gasteiger partial charge in [0, 0.05) is 25.5 Å². The molecule has 0 fully saturated rings. The summed E-state index contributed by atoms with van der Waals surface area (Å²) in [6.45, 7) is 0.562. The van der Waals surface area contributed by atoms with Crippen LogP contribution in [0.1, 0.15) is 26.3 Å². The standard InChI is InChI=1S/C14H13N3O3/c1-16-8-11(7-15-16)13(18)17-5-4-9-6-10(14(19)20)2-3-12(9)17/h2-3,6-8H,4-5H2,1H3,(H,19,20). The number of aromatic carboxylic acids is 1. The van der Waals surface area contributed by atoms with Crippen LogP contribution in [0, 0.1) is 0 Å². The topological polar surface area (TPSA) is 75.4 Å². The number of hydrogen-bond acceptors (Lipinski definition) is 3. The molecule has 1 aliphatic rings. The van der Waals surface area contributed by atoms with E-state index in [1.54, 1.807) is 35.0 Å². The first-order chi connectivity index (χ1) is 9.56. The Labute approximate surface area is 115 Å². The van der Waals surface area contributed by atoms with Crippen molar-refractivity contribution in [2.24, 2.45) is 7.05 Å². The normalized spacial score (nSPS) is 13.3. The molecule has 0 saturated carbocycles. The lowest BCUT2D eigenvalue weighted by Gasteiger charge is -2.16. The van der Waals surface area contributed by atoms with E-state index in [2.05, 4.69) is 5.10 Å². The fraction of sp³-hybridized carbons (Fsp3) is 0.214. The monoisotopic (exact) mass is 271 g/mol. The highest BCUT2D eigenvalue weighted by Gasteiger charge is 2.26. The van der Waals surface area contributed by atoms with E-state index < -0.39 is 5.97 Å². The van der Waals surface area contributed by atoms with Gasteiger partial charge in [-0.1, -0.05) is 0 Å². The number of benzene rings is 1. The lowest BCUT2D eigenvalue weighted by atomic mass is 10.1. The quantitative estimate of drug-likeness (QED) is 0.893. The SMILES string of the molecule is Cn1cc(C(=O)N2CCc3cc(C(=O)O)ccc32)cn1. The number of fused-ring (bicyclic) bond motifs is 1. The second-order valence-electron chi connectivity index (χ2n) is 4.76. The van der Waals surface area contributed by atoms with E-state index in [9.17, 15) is 9.59 Å². The Hall–Kier alpha value is -2.63. The third-order valence-corrected chi connectivity index (χ3v) is 3.42. The van der Waals surface area contributed by atoms with Crippen LogP contribution in [0.15, 0.2) is 30.6 Å². The number of carbonyl (C=O) groups excluding carboxylic acids is 1. The van der Waals surface area contributed by atoms with Crippen molar-refractivity contribution < 1.29 is 14.7 Å². The van der Waals surface area contributed by atoms with Crippen molar-refractivity contribution in [1.29, 1.82) is 0 Å². The molecule has 0 unspecified atom stereocenters. The first-order valence-electron chi connectivity index (χ1n) is 6.23. The van der Waals surface area contributed by atoms with Gasteiger partial charge in [-0.05, 0) is 30.2 Å². The van der Waals surface area contributed by atoms with Crippen molar-refractivity contribution >= 4 is 17.6 Å². The molecule has 2 heterocycles. The van der Waals surface area contributed by atoms with E-state index >= 15 is 0 Å². The van der Waals surface area contributed by atoms with Gasteiger partial charge in [-0.15, -0.1) is 0 Å². The third kappa shape index (κ3) is 1.95. The molecular weight excluding hydrogens is 258 g/mol. The highest BCUT2D eigenvalue weighted by molar-refractivity contribution is 6.07. The highest BCUT2D eigenvalue weighted by atomic mass is 16.4. The average Bonchev–Trinajstić information content (AvgIpc) is 3.03. The van der Waals surface area contributed by atoms with E-state index in [4.69, 9.17) is 5.11 Å². The number of nitrogens with zero attached hydrogens (tertiary/aromatic N) is 3. The van der Waals surface area contributed by atoms with E-state index in [0.717, 1.165) is 11.3 Å². The van der Waals surface area contributed by atoms with Gasteiger partial charge in [0.2, 0.25) is 0 Å². The van der Waals surface area contributed by atoms with Gasteiger partial charge >= 0.3 is 5.97 Å². The van der Waals surface area contributed by atoms with Crippen LogP contribution in [0.3, 0.4) is 0 Å². The molecule has 0 saturated heterocycles. The van der Waals surface area contributed by atoms with Crippen molar-refractivity contribution in [3.8, 4) is 0 Å². The van der Waals surface area contributed by atoms with Crippen LogP contribution >= 0.6 is 0 Å². The van der Waals surface area contributed by atoms with E-state index in [-0.39, 0.29) is 11.5 Å². The Morgan fingerprint density at radius 1 is 1.30 bits per heavy atom. The summed E-state index contributed by atoms with van der Waals surface area (Å²) in [5.74, 6) is -1.07. The van der Waals surface area contributed by atoms with Crippen molar-refractivity contribution in [1.82, 2.24) is 9.78 Å². The molecule has 0 atom stereocenters. The van der Waals surface area contributed by atoms with Gasteiger partial charge in [0.1, 0.15) is 0 Å². The predicted octanol–water partition coefficient (Wildman–Crippen LogP) is 1.32. The zero-order chi connectivity index (χ0) is 14.3. The number of carboxylic acid groups (broad SMARTS) is 1. The molecule has 0 radical (unpaired) electrons. The number of aromatic nitrogens is 2. The first-order valence-corrected chi connectivity index (χ1v) is 6.23. The molecule has 0 spiro atoms. The zero-order valence-corrected chi connectivity index (χ0v) is 10.9. The van der Waals surface area contributed by atoms with E-state index in [0.29, 0.717) is 18.5 Å². The van der Waals surface area contributed by atoms with E-state index in [1.807, 2.05) is 0 Å². The summed E-state index contributed by atoms with van der Waals surface area (Å²) in [6.07, 6.45) is 3.88. The summed E-state index contributed by atoms with van der Waals surface area (Å²) in [7, 11) is 1.76. The molecule has 0 aliphatic carbocycles. The third-order valence-electron chi connectivity index (χ3n) is 3.42. The van der Waals surface area contributed by atoms with Gasteiger partial charge in [0.05, 0.1) is 17.3 Å². The molecular formula is C14H13N3O3. The molecule has 20 heavy (non-hydrogen) atoms. The molecule has 1 amide bonds. The Bertz CT molecular complexity index is 705. The number of anilines is 1. The van der Waals surface area contributed by atoms with Crippen LogP contribution in [0.25, 0.3) is 0 Å². The molecule has 6 nitrogen and oxygen atoms in total. The fourth-order valence-corrected chi connectivity index (χ4v) is 2.43. The van der Waals surface area contributed by atoms with Gasteiger partial charge in [-0.2, -0.15) is 5.10 Å². The molecule has 3 rings (SSSR count). The van der Waals surface area contributed by atoms with Crippen LogP contribution in [0.5, 0.6) is 0 Å². The van der Waals surface area contributed by atoms with Gasteiger partial charge in [-0.3, -0.25) is 9.48 Å². The minimum Gasteiger partial charge on any atom is -0.478 e. The second-order valence-corrected chi connectivity index (χ2v) is 4.76. The minimum atomic E-state index is -0.954. The van der Waals surface area contributed by atoms with Gasteiger partial charge in [0.15, 0.2) is 0 Å². The largest absolute Gasteiger partial charge is 0.478 e. The number of carboxylic acids is 1. The van der Waals surface area contributed by atoms with Crippen molar-refractivity contribution in [3.05, 3.63) is 47.3 Å². The molecule has 1 aromatic heterocycles. The zero-order valence-electron chi connectivity index (χ0n) is 10.9. The molecule has 1 N–H and O–H groups in total. The van der Waals surface area contributed by atoms with E-state index in [1.165, 1.54) is 12.3 Å². The maximum Gasteiger partial charge on any atom is 0.335 e. The predicted molar refractivity (Wildman–Crippen MR) is 72.0 cm³/mol. The molecule has 1 aromatic carbocycles. The van der Waals surface area contributed by atoms with Crippen LogP contribution in [-0.2, 0) is 13.5 Å². The second kappa shape index (κ2) is 4.48. The van der Waals surface area contributed by atoms with Crippen LogP contribution in [0.4, 0.5) is 5.69 Å². The number of aryl methyl sites for hydroxylation is 1. The Morgan fingerprint density at radius 2 is 2.10 bits per heavy atom. The van der Waals surface area contributed by atoms with Crippen molar-refractivity contribution in [2.45, 2.75) is 6.42 Å². The molecule has 1 aliphatic heterocycles. The summed E-state index contributed by atoms with van der Waals surface area (Å²) in [5.41, 5.74) is 2.45. The van der Waals surface area contributed by atoms with Gasteiger partial charge in [0.25, 0.3) is 5.91 Å². The minimum absolute atomic E-state index is 0.111. The first kappa shape index (κ1) is 12.4. The Morgan fingerprint density at radius 3 is 2.75 bits per heavy atom. The van der Waals surface area contributed by atoms with Crippen LogP contribution < -0.4 is 4.90 Å². The number of rotatable bonds is 2. The summed E-state index contributed by atoms with van der Waals surface area (Å²) >= 11 is 0. The lowest BCUT2D eigenvalue weighted by Crippen LogP contribution is -2.28. The van der Waals surface area contributed by atoms with Crippen LogP contribution in [0.2, 0.25) is 0 Å². The Kier molecular flexibility index (Phi) is 2.78. The fourth-order valence-electron chi connectivity index (χ4n) is 2.43. The average molecular weight is 271 g/mol. The number of amides is 1. The number of hydrogen-bond donors (Lipinski definition) is 1. The summed E-state index contributed by atoms with van der Waals surface area (Å²) in [4.78, 5) is 25.0. The van der Waals surface area contributed by atoms with Crippen molar-refractivity contribution in [3.63, 3.8) is 0 Å². The molecule has 2 aromatic rings. The molecule has 0 bridgehead atoms. The molecule has 6 heteroatoms. The maximum absolute atomic E-state index is 12.4. The summed E-state index contributed by atoms with van der Waals surface area (Å²) in [6, 6.07) is 4.85. The van der Waals surface area contributed by atoms with Gasteiger partial charge in [-0.25, -0.2) is 4.79 Å². The highest BCUT2D eigenvalue weighted by Crippen LogP contribution is 2.30. The Balaban J connectivity index is 1.93. The smallest absolute Gasteiger partial charge is 0.335 e. The molecule has 102 valence electrons. The van der Waals surface area contributed by atoms with Crippen molar-refractivity contribution in [2.75, 3.05) is 11.4 Å². The maximum atomic E-state index is 12.4. The summed E-state index contributed by atoms with van der Waals surface area (Å²) < 4.78 is 1.58. The number of carbonyl (C=O) groups is 2. The lowest BCUT2D eigenvalue weighted by molar-refractivity contribution is 0.0696. The van der Waals surface area contributed by atoms with Gasteiger partial charge < -0.3 is 10.0 Å². The van der Waals surface area contributed by atoms with Crippen LogP contribution in [-0.4, -0.2) is 33.3 Å². The summed E-state index contributed by atoms with van der Waals surface area (Å²) in [5, 5.41) is 13.0.